The van der Waals surface area contributed by atoms with Crippen molar-refractivity contribution < 1.29 is 14.4 Å². The van der Waals surface area contributed by atoms with E-state index in [0.29, 0.717) is 11.1 Å². The minimum absolute atomic E-state index is 0.285. The maximum Gasteiger partial charge on any atom is 0.286 e. The molecular formula is C13H13NO3. The lowest BCUT2D eigenvalue weighted by Gasteiger charge is -2.12. The first-order valence-electron chi connectivity index (χ1n) is 5.44. The van der Waals surface area contributed by atoms with Crippen molar-refractivity contribution in [2.45, 2.75) is 13.8 Å². The van der Waals surface area contributed by atoms with Crippen LogP contribution in [0.3, 0.4) is 0 Å². The van der Waals surface area contributed by atoms with Crippen LogP contribution in [0.25, 0.3) is 5.57 Å². The Morgan fingerprint density at radius 1 is 1.12 bits per heavy atom. The summed E-state index contributed by atoms with van der Waals surface area (Å²) in [4.78, 5) is 28.9. The summed E-state index contributed by atoms with van der Waals surface area (Å²) in [5.74, 6) is -0.767. The Morgan fingerprint density at radius 3 is 2.35 bits per heavy atom. The van der Waals surface area contributed by atoms with E-state index in [2.05, 4.69) is 0 Å². The fourth-order valence-electron chi connectivity index (χ4n) is 1.80. The van der Waals surface area contributed by atoms with E-state index in [1.165, 1.54) is 0 Å². The van der Waals surface area contributed by atoms with Crippen LogP contribution < -0.4 is 0 Å². The van der Waals surface area contributed by atoms with E-state index in [9.17, 15) is 9.59 Å². The quantitative estimate of drug-likeness (QED) is 0.745. The molecule has 2 rings (SSSR count). The van der Waals surface area contributed by atoms with Crippen molar-refractivity contribution in [3.63, 3.8) is 0 Å². The second-order valence-corrected chi connectivity index (χ2v) is 3.69. The molecule has 1 aliphatic heterocycles. The Balaban J connectivity index is 2.42. The van der Waals surface area contributed by atoms with Crippen molar-refractivity contribution in [1.29, 1.82) is 0 Å². The first-order valence-corrected chi connectivity index (χ1v) is 5.44. The molecule has 0 atom stereocenters. The monoisotopic (exact) mass is 231 g/mol. The largest absolute Gasteiger partial charge is 0.286 e. The average Bonchev–Trinajstić information content (AvgIpc) is 2.55. The number of carbonyl (C=O) groups is 2. The van der Waals surface area contributed by atoms with Gasteiger partial charge in [-0.15, -0.1) is 5.06 Å². The zero-order valence-electron chi connectivity index (χ0n) is 9.77. The maximum absolute atomic E-state index is 12.0. The molecule has 0 saturated heterocycles. The van der Waals surface area contributed by atoms with Gasteiger partial charge in [-0.1, -0.05) is 30.3 Å². The van der Waals surface area contributed by atoms with Gasteiger partial charge in [-0.25, -0.2) is 0 Å². The van der Waals surface area contributed by atoms with Crippen LogP contribution >= 0.6 is 0 Å². The zero-order valence-corrected chi connectivity index (χ0v) is 9.77. The molecule has 0 aliphatic carbocycles. The number of hydroxylamine groups is 2. The molecule has 1 heterocycles. The van der Waals surface area contributed by atoms with Gasteiger partial charge >= 0.3 is 0 Å². The molecule has 1 aromatic carbocycles. The highest BCUT2D eigenvalue weighted by Crippen LogP contribution is 2.28. The minimum atomic E-state index is -0.388. The van der Waals surface area contributed by atoms with Crippen molar-refractivity contribution >= 4 is 17.4 Å². The van der Waals surface area contributed by atoms with E-state index in [1.54, 1.807) is 26.0 Å². The molecule has 1 aliphatic rings. The van der Waals surface area contributed by atoms with Crippen LogP contribution in [0.4, 0.5) is 0 Å². The Hall–Kier alpha value is -1.94. The van der Waals surface area contributed by atoms with Crippen molar-refractivity contribution in [2.24, 2.45) is 0 Å². The number of hydrogen-bond acceptors (Lipinski definition) is 3. The molecule has 0 N–H and O–H groups in total. The Morgan fingerprint density at radius 2 is 1.76 bits per heavy atom. The van der Waals surface area contributed by atoms with Crippen molar-refractivity contribution in [2.75, 3.05) is 6.61 Å². The normalized spacial score (nSPS) is 16.0. The summed E-state index contributed by atoms with van der Waals surface area (Å²) in [6.07, 6.45) is 0. The Kier molecular flexibility index (Phi) is 3.06. The zero-order chi connectivity index (χ0) is 12.4. The van der Waals surface area contributed by atoms with Crippen LogP contribution in [-0.2, 0) is 14.4 Å². The molecular weight excluding hydrogens is 218 g/mol. The van der Waals surface area contributed by atoms with Crippen molar-refractivity contribution in [3.8, 4) is 0 Å². The van der Waals surface area contributed by atoms with Crippen LogP contribution in [0.2, 0.25) is 0 Å². The van der Waals surface area contributed by atoms with Gasteiger partial charge in [0.15, 0.2) is 0 Å². The highest BCUT2D eigenvalue weighted by atomic mass is 16.7. The fourth-order valence-corrected chi connectivity index (χ4v) is 1.80. The number of rotatable bonds is 3. The highest BCUT2D eigenvalue weighted by molar-refractivity contribution is 6.35. The molecule has 0 radical (unpaired) electrons. The minimum Gasteiger partial charge on any atom is -0.267 e. The van der Waals surface area contributed by atoms with Gasteiger partial charge in [0, 0.05) is 5.57 Å². The van der Waals surface area contributed by atoms with Gasteiger partial charge in [-0.05, 0) is 19.4 Å². The van der Waals surface area contributed by atoms with Crippen LogP contribution in [0, 0.1) is 0 Å². The molecule has 0 bridgehead atoms. The first-order chi connectivity index (χ1) is 8.16. The molecule has 2 amide bonds. The van der Waals surface area contributed by atoms with Gasteiger partial charge in [0.2, 0.25) is 0 Å². The van der Waals surface area contributed by atoms with E-state index >= 15 is 0 Å². The van der Waals surface area contributed by atoms with Crippen LogP contribution in [0.15, 0.2) is 35.9 Å². The van der Waals surface area contributed by atoms with E-state index in [1.807, 2.05) is 18.2 Å². The maximum atomic E-state index is 12.0. The molecule has 4 nitrogen and oxygen atoms in total. The first kappa shape index (κ1) is 11.5. The average molecular weight is 231 g/mol. The summed E-state index contributed by atoms with van der Waals surface area (Å²) in [5.41, 5.74) is 1.59. The molecule has 0 spiro atoms. The number of hydrogen-bond donors (Lipinski definition) is 0. The predicted molar refractivity (Wildman–Crippen MR) is 62.5 cm³/mol. The summed E-state index contributed by atoms with van der Waals surface area (Å²) in [7, 11) is 0. The molecule has 88 valence electrons. The summed E-state index contributed by atoms with van der Waals surface area (Å²) >= 11 is 0. The lowest BCUT2D eigenvalue weighted by atomic mass is 10.0. The van der Waals surface area contributed by atoms with E-state index < -0.39 is 0 Å². The number of imide groups is 1. The number of benzene rings is 1. The van der Waals surface area contributed by atoms with Crippen LogP contribution in [0.1, 0.15) is 19.4 Å². The SMILES string of the molecule is CCON1C(=O)C(C)=C(c2ccccc2)C1=O. The van der Waals surface area contributed by atoms with Gasteiger partial charge in [-0.2, -0.15) is 0 Å². The van der Waals surface area contributed by atoms with Crippen LogP contribution in [0.5, 0.6) is 0 Å². The Bertz CT molecular complexity index is 491. The van der Waals surface area contributed by atoms with E-state index in [-0.39, 0.29) is 18.4 Å². The molecule has 0 unspecified atom stereocenters. The molecule has 17 heavy (non-hydrogen) atoms. The standard InChI is InChI=1S/C13H13NO3/c1-3-17-14-12(15)9(2)11(13(14)16)10-7-5-4-6-8-10/h4-8H,3H2,1-2H3. The van der Waals surface area contributed by atoms with Gasteiger partial charge in [-0.3, -0.25) is 14.4 Å². The number of nitrogens with zero attached hydrogens (tertiary/aromatic N) is 1. The molecule has 4 heteroatoms. The van der Waals surface area contributed by atoms with Gasteiger partial charge < -0.3 is 0 Å². The molecule has 0 saturated carbocycles. The van der Waals surface area contributed by atoms with Gasteiger partial charge in [0.25, 0.3) is 11.8 Å². The van der Waals surface area contributed by atoms with Gasteiger partial charge in [0.05, 0.1) is 12.2 Å². The summed E-state index contributed by atoms with van der Waals surface area (Å²) in [6, 6.07) is 9.13. The molecule has 0 aromatic heterocycles. The highest BCUT2D eigenvalue weighted by Gasteiger charge is 2.37. The smallest absolute Gasteiger partial charge is 0.267 e. The van der Waals surface area contributed by atoms with Gasteiger partial charge in [0.1, 0.15) is 0 Å². The third-order valence-electron chi connectivity index (χ3n) is 2.60. The van der Waals surface area contributed by atoms with E-state index in [0.717, 1.165) is 10.6 Å². The predicted octanol–water partition coefficient (Wildman–Crippen LogP) is 1.78. The second kappa shape index (κ2) is 4.51. The number of amides is 2. The summed E-state index contributed by atoms with van der Waals surface area (Å²) in [6.45, 7) is 3.66. The number of carbonyl (C=O) groups excluding carboxylic acids is 2. The van der Waals surface area contributed by atoms with Crippen LogP contribution in [-0.4, -0.2) is 23.5 Å². The summed E-state index contributed by atoms with van der Waals surface area (Å²) < 4.78 is 0. The third-order valence-corrected chi connectivity index (χ3v) is 2.60. The topological polar surface area (TPSA) is 46.6 Å². The lowest BCUT2D eigenvalue weighted by Crippen LogP contribution is -2.31. The third kappa shape index (κ3) is 1.87. The van der Waals surface area contributed by atoms with Crippen molar-refractivity contribution in [1.82, 2.24) is 5.06 Å². The van der Waals surface area contributed by atoms with E-state index in [4.69, 9.17) is 4.84 Å². The molecule has 1 aromatic rings. The lowest BCUT2D eigenvalue weighted by molar-refractivity contribution is -0.184. The second-order valence-electron chi connectivity index (χ2n) is 3.69. The van der Waals surface area contributed by atoms with Crippen molar-refractivity contribution in [3.05, 3.63) is 41.5 Å². The Labute approximate surface area is 99.4 Å². The summed E-state index contributed by atoms with van der Waals surface area (Å²) in [5, 5.41) is 0.831. The fraction of sp³-hybridized carbons (Fsp3) is 0.231. The molecule has 0 fully saturated rings.